The number of H-pyrrole nitrogens is 1. The summed E-state index contributed by atoms with van der Waals surface area (Å²) in [6.45, 7) is 0. The second-order valence-corrected chi connectivity index (χ2v) is 5.21. The summed E-state index contributed by atoms with van der Waals surface area (Å²) in [5.74, 6) is -0.970. The lowest BCUT2D eigenvalue weighted by molar-refractivity contribution is 0.0691. The molecule has 100 valence electrons. The van der Waals surface area contributed by atoms with E-state index in [1.165, 1.54) is 0 Å². The van der Waals surface area contributed by atoms with Gasteiger partial charge in [0.05, 0.1) is 10.7 Å². The van der Waals surface area contributed by atoms with Gasteiger partial charge in [-0.1, -0.05) is 6.07 Å². The molecule has 0 aliphatic carbocycles. The van der Waals surface area contributed by atoms with Crippen molar-refractivity contribution >= 4 is 17.3 Å². The van der Waals surface area contributed by atoms with Crippen LogP contribution < -0.4 is 0 Å². The first-order valence-electron chi connectivity index (χ1n) is 5.98. The Morgan fingerprint density at radius 2 is 2.35 bits per heavy atom. The van der Waals surface area contributed by atoms with Gasteiger partial charge in [0.25, 0.3) is 0 Å². The molecule has 3 aromatic rings. The van der Waals surface area contributed by atoms with Crippen LogP contribution in [0.4, 0.5) is 0 Å². The van der Waals surface area contributed by atoms with Gasteiger partial charge in [-0.2, -0.15) is 0 Å². The normalized spacial score (nSPS) is 10.6. The lowest BCUT2D eigenvalue weighted by Gasteiger charge is -1.95. The molecule has 0 saturated carbocycles. The van der Waals surface area contributed by atoms with Gasteiger partial charge >= 0.3 is 5.97 Å². The van der Waals surface area contributed by atoms with Gasteiger partial charge in [0.15, 0.2) is 0 Å². The van der Waals surface area contributed by atoms with Crippen LogP contribution in [0.15, 0.2) is 42.2 Å². The molecule has 0 aliphatic rings. The summed E-state index contributed by atoms with van der Waals surface area (Å²) in [5.41, 5.74) is 2.85. The number of hydrogen-bond donors (Lipinski definition) is 2. The highest BCUT2D eigenvalue weighted by Crippen LogP contribution is 2.24. The van der Waals surface area contributed by atoms with Crippen molar-refractivity contribution < 1.29 is 9.90 Å². The number of hydrogen-bond acceptors (Lipinski definition) is 4. The average Bonchev–Trinajstić information content (AvgIpc) is 3.08. The Balaban J connectivity index is 1.81. The highest BCUT2D eigenvalue weighted by Gasteiger charge is 2.10. The minimum Gasteiger partial charge on any atom is -0.477 e. The van der Waals surface area contributed by atoms with Crippen LogP contribution in [0.5, 0.6) is 0 Å². The Morgan fingerprint density at radius 1 is 1.45 bits per heavy atom. The molecule has 0 saturated heterocycles. The van der Waals surface area contributed by atoms with E-state index in [1.807, 2.05) is 23.7 Å². The van der Waals surface area contributed by atoms with Gasteiger partial charge in [0.1, 0.15) is 5.69 Å². The zero-order valence-corrected chi connectivity index (χ0v) is 11.2. The number of nitrogens with zero attached hydrogens (tertiary/aromatic N) is 2. The van der Waals surface area contributed by atoms with Crippen LogP contribution in [0.3, 0.4) is 0 Å². The molecule has 5 nitrogen and oxygen atoms in total. The van der Waals surface area contributed by atoms with Crippen molar-refractivity contribution in [3.05, 3.63) is 58.4 Å². The predicted octanol–water partition coefficient (Wildman–Crippen LogP) is 2.82. The number of aromatic nitrogens is 3. The number of carboxylic acid groups (broad SMARTS) is 1. The molecular weight excluding hydrogens is 274 g/mol. The van der Waals surface area contributed by atoms with Crippen molar-refractivity contribution in [2.24, 2.45) is 0 Å². The Bertz CT molecular complexity index is 734. The number of aromatic carboxylic acids is 1. The van der Waals surface area contributed by atoms with Crippen LogP contribution in [0, 0.1) is 0 Å². The van der Waals surface area contributed by atoms with Crippen LogP contribution in [0.1, 0.15) is 21.1 Å². The number of rotatable bonds is 4. The van der Waals surface area contributed by atoms with E-state index in [1.54, 1.807) is 29.8 Å². The van der Waals surface area contributed by atoms with E-state index in [0.29, 0.717) is 0 Å². The van der Waals surface area contributed by atoms with E-state index >= 15 is 0 Å². The molecule has 3 aromatic heterocycles. The summed E-state index contributed by atoms with van der Waals surface area (Å²) in [6.07, 6.45) is 5.95. The van der Waals surface area contributed by atoms with E-state index in [-0.39, 0.29) is 5.69 Å². The molecule has 0 bridgehead atoms. The van der Waals surface area contributed by atoms with E-state index in [9.17, 15) is 4.79 Å². The third-order valence-electron chi connectivity index (χ3n) is 2.84. The molecule has 0 aliphatic heterocycles. The zero-order valence-electron chi connectivity index (χ0n) is 10.4. The summed E-state index contributed by atoms with van der Waals surface area (Å²) >= 11 is 1.56. The summed E-state index contributed by atoms with van der Waals surface area (Å²) in [7, 11) is 0. The van der Waals surface area contributed by atoms with E-state index in [4.69, 9.17) is 5.11 Å². The molecule has 0 fully saturated rings. The fraction of sp³-hybridized carbons (Fsp3) is 0.0714. The summed E-state index contributed by atoms with van der Waals surface area (Å²) in [5, 5.41) is 11.8. The number of carbonyl (C=O) groups is 1. The number of pyridine rings is 1. The van der Waals surface area contributed by atoms with Crippen molar-refractivity contribution in [3.8, 4) is 11.3 Å². The first-order chi connectivity index (χ1) is 9.72. The monoisotopic (exact) mass is 285 g/mol. The molecule has 0 radical (unpaired) electrons. The topological polar surface area (TPSA) is 78.9 Å². The fourth-order valence-electron chi connectivity index (χ4n) is 1.87. The van der Waals surface area contributed by atoms with E-state index in [0.717, 1.165) is 28.2 Å². The van der Waals surface area contributed by atoms with Crippen molar-refractivity contribution in [1.82, 2.24) is 15.0 Å². The van der Waals surface area contributed by atoms with Crippen LogP contribution in [0.25, 0.3) is 11.3 Å². The Labute approximate surface area is 119 Å². The van der Waals surface area contributed by atoms with E-state index < -0.39 is 5.97 Å². The number of aromatic amines is 1. The SMILES string of the molecule is O=C(O)c1cc(-c2csc(Cc3cccnc3)n2)c[nH]1. The average molecular weight is 285 g/mol. The Hall–Kier alpha value is -2.47. The van der Waals surface area contributed by atoms with Crippen molar-refractivity contribution in [2.75, 3.05) is 0 Å². The van der Waals surface area contributed by atoms with Gasteiger partial charge < -0.3 is 10.1 Å². The van der Waals surface area contributed by atoms with Gasteiger partial charge in [-0.05, 0) is 17.7 Å². The smallest absolute Gasteiger partial charge is 0.352 e. The Morgan fingerprint density at radius 3 is 3.05 bits per heavy atom. The maximum atomic E-state index is 10.8. The minimum absolute atomic E-state index is 0.168. The first-order valence-corrected chi connectivity index (χ1v) is 6.86. The quantitative estimate of drug-likeness (QED) is 0.772. The lowest BCUT2D eigenvalue weighted by Crippen LogP contribution is -1.94. The minimum atomic E-state index is -0.970. The summed E-state index contributed by atoms with van der Waals surface area (Å²) in [4.78, 5) is 22.2. The van der Waals surface area contributed by atoms with Crippen LogP contribution in [-0.4, -0.2) is 26.0 Å². The fourth-order valence-corrected chi connectivity index (χ4v) is 2.71. The zero-order chi connectivity index (χ0) is 13.9. The maximum Gasteiger partial charge on any atom is 0.352 e. The predicted molar refractivity (Wildman–Crippen MR) is 75.9 cm³/mol. The summed E-state index contributed by atoms with van der Waals surface area (Å²) < 4.78 is 0. The Kier molecular flexibility index (Phi) is 3.30. The highest BCUT2D eigenvalue weighted by atomic mass is 32.1. The molecule has 2 N–H and O–H groups in total. The first kappa shape index (κ1) is 12.6. The van der Waals surface area contributed by atoms with Crippen molar-refractivity contribution in [1.29, 1.82) is 0 Å². The molecule has 3 rings (SSSR count). The number of carboxylic acids is 1. The van der Waals surface area contributed by atoms with Gasteiger partial charge in [-0.25, -0.2) is 9.78 Å². The molecule has 0 atom stereocenters. The molecular formula is C14H11N3O2S. The molecule has 0 unspecified atom stereocenters. The number of thiazole rings is 1. The van der Waals surface area contributed by atoms with Gasteiger partial charge in [-0.15, -0.1) is 11.3 Å². The molecule has 6 heteroatoms. The third kappa shape index (κ3) is 2.60. The third-order valence-corrected chi connectivity index (χ3v) is 3.69. The van der Waals surface area contributed by atoms with Gasteiger partial charge in [0, 0.05) is 36.0 Å². The second-order valence-electron chi connectivity index (χ2n) is 4.27. The summed E-state index contributed by atoms with van der Waals surface area (Å²) in [6, 6.07) is 5.49. The van der Waals surface area contributed by atoms with Crippen LogP contribution in [-0.2, 0) is 6.42 Å². The maximum absolute atomic E-state index is 10.8. The van der Waals surface area contributed by atoms with Gasteiger partial charge in [-0.3, -0.25) is 4.98 Å². The molecule has 0 aromatic carbocycles. The molecule has 3 heterocycles. The van der Waals surface area contributed by atoms with Crippen LogP contribution in [0.2, 0.25) is 0 Å². The van der Waals surface area contributed by atoms with Crippen molar-refractivity contribution in [3.63, 3.8) is 0 Å². The van der Waals surface area contributed by atoms with Gasteiger partial charge in [0.2, 0.25) is 0 Å². The molecule has 0 amide bonds. The standard InChI is InChI=1S/C14H11N3O2S/c18-14(19)11-5-10(7-16-11)12-8-20-13(17-12)4-9-2-1-3-15-6-9/h1-3,5-8,16H,4H2,(H,18,19). The second kappa shape index (κ2) is 5.26. The van der Waals surface area contributed by atoms with Crippen LogP contribution >= 0.6 is 11.3 Å². The highest BCUT2D eigenvalue weighted by molar-refractivity contribution is 7.10. The van der Waals surface area contributed by atoms with E-state index in [2.05, 4.69) is 15.0 Å². The largest absolute Gasteiger partial charge is 0.477 e. The molecule has 20 heavy (non-hydrogen) atoms. The lowest BCUT2D eigenvalue weighted by atomic mass is 10.2. The molecule has 0 spiro atoms. The van der Waals surface area contributed by atoms with Crippen molar-refractivity contribution in [2.45, 2.75) is 6.42 Å². The number of nitrogens with one attached hydrogen (secondary N) is 1.